The molecule has 0 saturated heterocycles. The van der Waals surface area contributed by atoms with Crippen LogP contribution >= 0.6 is 35.4 Å². The van der Waals surface area contributed by atoms with Crippen molar-refractivity contribution < 1.29 is 13.6 Å². The van der Waals surface area contributed by atoms with Gasteiger partial charge in [-0.25, -0.2) is 9.37 Å². The number of amides is 1. The number of hydrogen-bond acceptors (Lipinski definition) is 4. The van der Waals surface area contributed by atoms with Crippen molar-refractivity contribution in [3.63, 3.8) is 0 Å². The van der Waals surface area contributed by atoms with Crippen LogP contribution in [0, 0.1) is 5.82 Å². The second kappa shape index (κ2) is 8.39. The first kappa shape index (κ1) is 20.3. The summed E-state index contributed by atoms with van der Waals surface area (Å²) in [7, 11) is 0. The number of hydrogen-bond donors (Lipinski definition) is 2. The number of fused-ring (bicyclic) bond motifs is 1. The van der Waals surface area contributed by atoms with E-state index in [-0.39, 0.29) is 21.5 Å². The van der Waals surface area contributed by atoms with Crippen molar-refractivity contribution in [2.75, 3.05) is 5.32 Å². The number of carbonyl (C=O) groups excluding carboxylic acids is 1. The molecule has 0 bridgehead atoms. The van der Waals surface area contributed by atoms with Crippen molar-refractivity contribution in [3.8, 4) is 11.5 Å². The number of benzene rings is 3. The van der Waals surface area contributed by atoms with E-state index in [9.17, 15) is 9.18 Å². The summed E-state index contributed by atoms with van der Waals surface area (Å²) >= 11 is 17.1. The van der Waals surface area contributed by atoms with Gasteiger partial charge in [-0.2, -0.15) is 0 Å². The molecular weight excluding hydrogens is 448 g/mol. The molecule has 0 atom stereocenters. The third-order valence-electron chi connectivity index (χ3n) is 4.14. The molecular formula is C21H12Cl2FN3O2S. The normalized spacial score (nSPS) is 10.8. The monoisotopic (exact) mass is 459 g/mol. The zero-order chi connectivity index (χ0) is 21.3. The summed E-state index contributed by atoms with van der Waals surface area (Å²) in [4.78, 5) is 16.8. The van der Waals surface area contributed by atoms with Gasteiger partial charge < -0.3 is 9.73 Å². The summed E-state index contributed by atoms with van der Waals surface area (Å²) in [5, 5.41) is 6.23. The molecule has 3 aromatic carbocycles. The van der Waals surface area contributed by atoms with Gasteiger partial charge in [0.25, 0.3) is 5.91 Å². The van der Waals surface area contributed by atoms with Gasteiger partial charge in [0.15, 0.2) is 10.7 Å². The highest BCUT2D eigenvalue weighted by Gasteiger charge is 2.13. The van der Waals surface area contributed by atoms with E-state index in [1.807, 2.05) is 0 Å². The highest BCUT2D eigenvalue weighted by atomic mass is 35.5. The fraction of sp³-hybridized carbons (Fsp3) is 0. The summed E-state index contributed by atoms with van der Waals surface area (Å²) in [6, 6.07) is 15.6. The minimum Gasteiger partial charge on any atom is -0.436 e. The number of aromatic nitrogens is 1. The molecule has 0 saturated carbocycles. The lowest BCUT2D eigenvalue weighted by atomic mass is 10.2. The fourth-order valence-electron chi connectivity index (χ4n) is 2.73. The summed E-state index contributed by atoms with van der Waals surface area (Å²) in [5.41, 5.74) is 2.65. The lowest BCUT2D eigenvalue weighted by molar-refractivity contribution is 0.0978. The minimum atomic E-state index is -0.463. The highest BCUT2D eigenvalue weighted by molar-refractivity contribution is 7.80. The Morgan fingerprint density at radius 3 is 2.53 bits per heavy atom. The van der Waals surface area contributed by atoms with Crippen molar-refractivity contribution in [2.24, 2.45) is 0 Å². The van der Waals surface area contributed by atoms with E-state index in [4.69, 9.17) is 39.8 Å². The smallest absolute Gasteiger partial charge is 0.258 e. The maximum absolute atomic E-state index is 13.1. The Morgan fingerprint density at radius 1 is 1.03 bits per heavy atom. The Hall–Kier alpha value is -3.00. The average Bonchev–Trinajstić information content (AvgIpc) is 3.11. The van der Waals surface area contributed by atoms with E-state index in [1.165, 1.54) is 24.3 Å². The first-order valence-electron chi connectivity index (χ1n) is 8.63. The summed E-state index contributed by atoms with van der Waals surface area (Å²) in [6.07, 6.45) is 0. The van der Waals surface area contributed by atoms with E-state index >= 15 is 0 Å². The minimum absolute atomic E-state index is 0.0904. The summed E-state index contributed by atoms with van der Waals surface area (Å²) in [5.74, 6) is -0.428. The van der Waals surface area contributed by atoms with Crippen LogP contribution in [0.15, 0.2) is 65.1 Å². The van der Waals surface area contributed by atoms with Crippen LogP contribution < -0.4 is 10.6 Å². The van der Waals surface area contributed by atoms with E-state index < -0.39 is 5.91 Å². The van der Waals surface area contributed by atoms with Gasteiger partial charge in [-0.05, 0) is 72.9 Å². The number of carbonyl (C=O) groups is 1. The maximum atomic E-state index is 13.1. The Kier molecular flexibility index (Phi) is 5.67. The molecule has 4 aromatic rings. The molecule has 150 valence electrons. The molecule has 4 rings (SSSR count). The second-order valence-electron chi connectivity index (χ2n) is 6.24. The van der Waals surface area contributed by atoms with Crippen LogP contribution in [0.4, 0.5) is 10.1 Å². The van der Waals surface area contributed by atoms with Crippen LogP contribution in [-0.2, 0) is 0 Å². The van der Waals surface area contributed by atoms with E-state index in [0.717, 1.165) is 0 Å². The van der Waals surface area contributed by atoms with Crippen molar-refractivity contribution in [3.05, 3.63) is 82.1 Å². The van der Waals surface area contributed by atoms with Gasteiger partial charge in [0.05, 0.1) is 10.6 Å². The Balaban J connectivity index is 1.48. The molecule has 5 nitrogen and oxygen atoms in total. The molecule has 1 heterocycles. The van der Waals surface area contributed by atoms with Crippen LogP contribution in [0.3, 0.4) is 0 Å². The molecule has 2 N–H and O–H groups in total. The number of thiocarbonyl (C=S) groups is 1. The third kappa shape index (κ3) is 4.43. The van der Waals surface area contributed by atoms with E-state index in [0.29, 0.717) is 33.3 Å². The Morgan fingerprint density at radius 2 is 1.80 bits per heavy atom. The van der Waals surface area contributed by atoms with Gasteiger partial charge in [-0.1, -0.05) is 23.2 Å². The van der Waals surface area contributed by atoms with Crippen molar-refractivity contribution in [1.29, 1.82) is 0 Å². The van der Waals surface area contributed by atoms with Gasteiger partial charge in [0, 0.05) is 16.3 Å². The number of nitrogens with one attached hydrogen (secondary N) is 2. The van der Waals surface area contributed by atoms with E-state index in [1.54, 1.807) is 36.4 Å². The average molecular weight is 460 g/mol. The zero-order valence-electron chi connectivity index (χ0n) is 15.1. The maximum Gasteiger partial charge on any atom is 0.258 e. The standard InChI is InChI=1S/C21H12Cl2FN3O2S/c22-12-3-7-15(16(23)9-12)19(28)27-21(30)25-14-6-8-18-17(10-14)26-20(29-18)11-1-4-13(24)5-2-11/h1-10H,(H2,25,27,28,30). The van der Waals surface area contributed by atoms with Crippen LogP contribution in [0.2, 0.25) is 10.0 Å². The molecule has 0 aliphatic carbocycles. The Bertz CT molecular complexity index is 1280. The number of halogens is 3. The quantitative estimate of drug-likeness (QED) is 0.364. The number of rotatable bonds is 3. The molecule has 0 fully saturated rings. The molecule has 1 aromatic heterocycles. The predicted octanol–water partition coefficient (Wildman–Crippen LogP) is 6.07. The molecule has 0 aliphatic heterocycles. The van der Waals surface area contributed by atoms with Gasteiger partial charge in [0.1, 0.15) is 11.3 Å². The van der Waals surface area contributed by atoms with Crippen LogP contribution in [0.1, 0.15) is 10.4 Å². The fourth-order valence-corrected chi connectivity index (χ4v) is 3.43. The second-order valence-corrected chi connectivity index (χ2v) is 7.49. The summed E-state index contributed by atoms with van der Waals surface area (Å²) in [6.45, 7) is 0. The van der Waals surface area contributed by atoms with Crippen molar-refractivity contribution in [1.82, 2.24) is 10.3 Å². The Labute approximate surface area is 185 Å². The van der Waals surface area contributed by atoms with Crippen LogP contribution in [-0.4, -0.2) is 16.0 Å². The number of nitrogens with zero attached hydrogens (tertiary/aromatic N) is 1. The molecule has 0 radical (unpaired) electrons. The van der Waals surface area contributed by atoms with Gasteiger partial charge in [-0.3, -0.25) is 10.1 Å². The van der Waals surface area contributed by atoms with Gasteiger partial charge in [-0.15, -0.1) is 0 Å². The van der Waals surface area contributed by atoms with Crippen LogP contribution in [0.25, 0.3) is 22.6 Å². The molecule has 30 heavy (non-hydrogen) atoms. The molecule has 9 heteroatoms. The first-order chi connectivity index (χ1) is 14.4. The molecule has 0 unspecified atom stereocenters. The van der Waals surface area contributed by atoms with Crippen molar-refractivity contribution >= 4 is 63.2 Å². The van der Waals surface area contributed by atoms with Crippen LogP contribution in [0.5, 0.6) is 0 Å². The topological polar surface area (TPSA) is 67.2 Å². The SMILES string of the molecule is O=C(NC(=S)Nc1ccc2oc(-c3ccc(F)cc3)nc2c1)c1ccc(Cl)cc1Cl. The first-order valence-corrected chi connectivity index (χ1v) is 9.79. The third-order valence-corrected chi connectivity index (χ3v) is 4.89. The molecule has 0 aliphatic rings. The highest BCUT2D eigenvalue weighted by Crippen LogP contribution is 2.26. The lowest BCUT2D eigenvalue weighted by Crippen LogP contribution is -2.34. The van der Waals surface area contributed by atoms with Gasteiger partial charge >= 0.3 is 0 Å². The zero-order valence-corrected chi connectivity index (χ0v) is 17.4. The summed E-state index contributed by atoms with van der Waals surface area (Å²) < 4.78 is 18.8. The lowest BCUT2D eigenvalue weighted by Gasteiger charge is -2.10. The molecule has 1 amide bonds. The largest absolute Gasteiger partial charge is 0.436 e. The number of anilines is 1. The molecule has 0 spiro atoms. The van der Waals surface area contributed by atoms with Gasteiger partial charge in [0.2, 0.25) is 5.89 Å². The predicted molar refractivity (Wildman–Crippen MR) is 120 cm³/mol. The van der Waals surface area contributed by atoms with Crippen molar-refractivity contribution in [2.45, 2.75) is 0 Å². The number of oxazole rings is 1. The van der Waals surface area contributed by atoms with E-state index in [2.05, 4.69) is 15.6 Å².